The van der Waals surface area contributed by atoms with Crippen LogP contribution in [0.25, 0.3) is 0 Å². The quantitative estimate of drug-likeness (QED) is 0.555. The molecule has 0 unspecified atom stereocenters. The Labute approximate surface area is 152 Å². The molecule has 1 aromatic heterocycles. The fourth-order valence-corrected chi connectivity index (χ4v) is 2.41. The van der Waals surface area contributed by atoms with E-state index in [0.29, 0.717) is 36.5 Å². The molecule has 0 spiro atoms. The highest BCUT2D eigenvalue weighted by Gasteiger charge is 2.21. The van der Waals surface area contributed by atoms with E-state index < -0.39 is 4.92 Å². The predicted molar refractivity (Wildman–Crippen MR) is 95.5 cm³/mol. The molecule has 0 saturated carbocycles. The van der Waals surface area contributed by atoms with Crippen LogP contribution >= 0.6 is 0 Å². The maximum atomic E-state index is 12.3. The minimum absolute atomic E-state index is 0.0210. The summed E-state index contributed by atoms with van der Waals surface area (Å²) in [6, 6.07) is 6.44. The van der Waals surface area contributed by atoms with Gasteiger partial charge in [0, 0.05) is 36.9 Å². The average Bonchev–Trinajstić information content (AvgIpc) is 3.04. The number of carbonyl (C=O) groups is 1. The first-order valence-corrected chi connectivity index (χ1v) is 8.48. The number of amides is 1. The van der Waals surface area contributed by atoms with Crippen LogP contribution in [0.3, 0.4) is 0 Å². The smallest absolute Gasteiger partial charge is 0.274 e. The lowest BCUT2D eigenvalue weighted by Crippen LogP contribution is -2.26. The molecule has 1 amide bonds. The number of hydrogen-bond donors (Lipinski definition) is 0. The second-order valence-electron chi connectivity index (χ2n) is 7.25. The van der Waals surface area contributed by atoms with Crippen LogP contribution in [0.4, 0.5) is 5.69 Å². The lowest BCUT2D eigenvalue weighted by molar-refractivity contribution is -0.385. The molecule has 2 aromatic rings. The van der Waals surface area contributed by atoms with Gasteiger partial charge in [-0.25, -0.2) is 0 Å². The number of para-hydroxylation sites is 1. The predicted octanol–water partition coefficient (Wildman–Crippen LogP) is 3.26. The molecule has 140 valence electrons. The summed E-state index contributed by atoms with van der Waals surface area (Å²) < 4.78 is 5.21. The van der Waals surface area contributed by atoms with Gasteiger partial charge in [0.1, 0.15) is 0 Å². The molecule has 2 rings (SSSR count). The Morgan fingerprint density at radius 2 is 2.00 bits per heavy atom. The maximum Gasteiger partial charge on any atom is 0.274 e. The molecule has 0 fully saturated rings. The van der Waals surface area contributed by atoms with Gasteiger partial charge in [-0.1, -0.05) is 44.1 Å². The number of nitrogens with zero attached hydrogens (tertiary/aromatic N) is 4. The molecule has 1 aromatic carbocycles. The Morgan fingerprint density at radius 3 is 2.62 bits per heavy atom. The van der Waals surface area contributed by atoms with Crippen molar-refractivity contribution in [2.45, 2.75) is 52.0 Å². The van der Waals surface area contributed by atoms with Crippen LogP contribution < -0.4 is 0 Å². The van der Waals surface area contributed by atoms with Crippen LogP contribution in [0, 0.1) is 10.1 Å². The first-order chi connectivity index (χ1) is 12.2. The van der Waals surface area contributed by atoms with Crippen molar-refractivity contribution in [3.8, 4) is 0 Å². The van der Waals surface area contributed by atoms with Crippen LogP contribution in [0.1, 0.15) is 50.9 Å². The van der Waals surface area contributed by atoms with Crippen molar-refractivity contribution in [3.63, 3.8) is 0 Å². The largest absolute Gasteiger partial charge is 0.341 e. The van der Waals surface area contributed by atoms with E-state index in [1.807, 2.05) is 20.8 Å². The van der Waals surface area contributed by atoms with E-state index in [1.165, 1.54) is 11.0 Å². The van der Waals surface area contributed by atoms with E-state index in [4.69, 9.17) is 4.52 Å². The number of aromatic nitrogens is 2. The van der Waals surface area contributed by atoms with Gasteiger partial charge in [0.05, 0.1) is 11.5 Å². The van der Waals surface area contributed by atoms with Crippen molar-refractivity contribution >= 4 is 11.6 Å². The number of nitro groups is 1. The molecule has 0 aliphatic carbocycles. The van der Waals surface area contributed by atoms with Gasteiger partial charge >= 0.3 is 0 Å². The van der Waals surface area contributed by atoms with E-state index in [0.717, 1.165) is 0 Å². The fourth-order valence-electron chi connectivity index (χ4n) is 2.41. The first kappa shape index (κ1) is 19.6. The summed E-state index contributed by atoms with van der Waals surface area (Å²) in [6.45, 7) is 6.21. The number of benzene rings is 1. The molecule has 0 radical (unpaired) electrons. The molecule has 8 heteroatoms. The topological polar surface area (TPSA) is 102 Å². The van der Waals surface area contributed by atoms with Gasteiger partial charge in [-0.2, -0.15) is 4.98 Å². The minimum atomic E-state index is -0.434. The molecular formula is C18H24N4O4. The molecule has 0 saturated heterocycles. The lowest BCUT2D eigenvalue weighted by Gasteiger charge is -2.17. The summed E-state index contributed by atoms with van der Waals surface area (Å²) >= 11 is 0. The molecule has 0 atom stereocenters. The molecule has 0 aliphatic heterocycles. The van der Waals surface area contributed by atoms with Crippen LogP contribution in [0.2, 0.25) is 0 Å². The molecule has 8 nitrogen and oxygen atoms in total. The Hall–Kier alpha value is -2.77. The van der Waals surface area contributed by atoms with Gasteiger partial charge < -0.3 is 9.42 Å². The second-order valence-corrected chi connectivity index (χ2v) is 7.25. The van der Waals surface area contributed by atoms with Crippen molar-refractivity contribution in [1.29, 1.82) is 0 Å². The first-order valence-electron chi connectivity index (χ1n) is 8.48. The summed E-state index contributed by atoms with van der Waals surface area (Å²) in [5.41, 5.74) is 0.357. The van der Waals surface area contributed by atoms with Crippen molar-refractivity contribution in [1.82, 2.24) is 15.0 Å². The lowest BCUT2D eigenvalue weighted by atomic mass is 9.96. The van der Waals surface area contributed by atoms with Gasteiger partial charge in [-0.05, 0) is 6.42 Å². The highest BCUT2D eigenvalue weighted by Crippen LogP contribution is 2.20. The Bertz CT molecular complexity index is 779. The minimum Gasteiger partial charge on any atom is -0.341 e. The highest BCUT2D eigenvalue weighted by molar-refractivity contribution is 5.76. The summed E-state index contributed by atoms with van der Waals surface area (Å²) in [5.74, 6) is 1.08. The van der Waals surface area contributed by atoms with Gasteiger partial charge in [-0.15, -0.1) is 0 Å². The molecule has 0 N–H and O–H groups in total. The zero-order chi connectivity index (χ0) is 19.3. The third-order valence-electron chi connectivity index (χ3n) is 3.94. The van der Waals surface area contributed by atoms with Gasteiger partial charge in [0.25, 0.3) is 5.69 Å². The van der Waals surface area contributed by atoms with Crippen LogP contribution in [0.15, 0.2) is 28.8 Å². The fraction of sp³-hybridized carbons (Fsp3) is 0.500. The Kier molecular flexibility index (Phi) is 6.07. The third kappa shape index (κ3) is 5.11. The summed E-state index contributed by atoms with van der Waals surface area (Å²) in [4.78, 5) is 28.7. The third-order valence-corrected chi connectivity index (χ3v) is 3.94. The zero-order valence-corrected chi connectivity index (χ0v) is 15.6. The molecule has 26 heavy (non-hydrogen) atoms. The van der Waals surface area contributed by atoms with E-state index in [2.05, 4.69) is 10.1 Å². The summed E-state index contributed by atoms with van der Waals surface area (Å²) in [5, 5.41) is 15.0. The van der Waals surface area contributed by atoms with Crippen molar-refractivity contribution < 1.29 is 14.2 Å². The molecule has 1 heterocycles. The molecule has 0 aliphatic rings. The van der Waals surface area contributed by atoms with E-state index in [1.54, 1.807) is 25.2 Å². The Balaban J connectivity index is 1.86. The molecular weight excluding hydrogens is 336 g/mol. The number of hydrogen-bond acceptors (Lipinski definition) is 6. The Morgan fingerprint density at radius 1 is 1.31 bits per heavy atom. The van der Waals surface area contributed by atoms with E-state index >= 15 is 0 Å². The van der Waals surface area contributed by atoms with Crippen LogP contribution in [0.5, 0.6) is 0 Å². The second kappa shape index (κ2) is 8.07. The maximum absolute atomic E-state index is 12.3. The van der Waals surface area contributed by atoms with Crippen LogP contribution in [-0.2, 0) is 23.2 Å². The number of rotatable bonds is 7. The average molecular weight is 360 g/mol. The monoisotopic (exact) mass is 360 g/mol. The van der Waals surface area contributed by atoms with E-state index in [-0.39, 0.29) is 23.6 Å². The number of aryl methyl sites for hydroxylation is 1. The van der Waals surface area contributed by atoms with Gasteiger partial charge in [-0.3, -0.25) is 14.9 Å². The summed E-state index contributed by atoms with van der Waals surface area (Å²) in [6.07, 6.45) is 1.41. The number of nitro benzene ring substituents is 1. The highest BCUT2D eigenvalue weighted by atomic mass is 16.6. The standard InChI is InChI=1S/C18H24N4O4/c1-18(2,3)17-19-15(26-20-17)10-7-11-16(23)21(4)12-13-8-5-6-9-14(13)22(24)25/h5-6,8-9H,7,10-12H2,1-4H3. The zero-order valence-electron chi connectivity index (χ0n) is 15.6. The SMILES string of the molecule is CN(Cc1ccccc1[N+](=O)[O-])C(=O)CCCc1nc(C(C)(C)C)no1. The van der Waals surface area contributed by atoms with Crippen molar-refractivity contribution in [2.24, 2.45) is 0 Å². The summed E-state index contributed by atoms with van der Waals surface area (Å²) in [7, 11) is 1.64. The van der Waals surface area contributed by atoms with E-state index in [9.17, 15) is 14.9 Å². The van der Waals surface area contributed by atoms with Gasteiger partial charge in [0.2, 0.25) is 11.8 Å². The number of carbonyl (C=O) groups excluding carboxylic acids is 1. The van der Waals surface area contributed by atoms with Crippen molar-refractivity contribution in [3.05, 3.63) is 51.7 Å². The van der Waals surface area contributed by atoms with Crippen LogP contribution in [-0.4, -0.2) is 32.9 Å². The van der Waals surface area contributed by atoms with Crippen molar-refractivity contribution in [2.75, 3.05) is 7.05 Å². The normalized spacial score (nSPS) is 11.4. The van der Waals surface area contributed by atoms with Gasteiger partial charge in [0.15, 0.2) is 5.82 Å². The molecule has 0 bridgehead atoms.